The molecule has 4 heteroatoms. The van der Waals surface area contributed by atoms with Crippen molar-refractivity contribution in [3.05, 3.63) is 0 Å². The Hall–Kier alpha value is -1.06. The van der Waals surface area contributed by atoms with Crippen LogP contribution in [0.4, 0.5) is 0 Å². The number of rotatable bonds is 6. The lowest BCUT2D eigenvalue weighted by atomic mass is 9.93. The Labute approximate surface area is 109 Å². The number of esters is 2. The predicted molar refractivity (Wildman–Crippen MR) is 67.9 cm³/mol. The van der Waals surface area contributed by atoms with E-state index in [-0.39, 0.29) is 5.92 Å². The molecule has 18 heavy (non-hydrogen) atoms. The number of methoxy groups -OCH3 is 1. The second-order valence-corrected chi connectivity index (χ2v) is 5.49. The van der Waals surface area contributed by atoms with Crippen LogP contribution < -0.4 is 0 Å². The maximum Gasteiger partial charge on any atom is 0.320 e. The molecule has 0 aromatic carbocycles. The van der Waals surface area contributed by atoms with Gasteiger partial charge in [0.1, 0.15) is 0 Å². The highest BCUT2D eigenvalue weighted by molar-refractivity contribution is 5.94. The van der Waals surface area contributed by atoms with E-state index in [0.717, 1.165) is 12.8 Å². The molecular formula is C14H24O4. The summed E-state index contributed by atoms with van der Waals surface area (Å²) >= 11 is 0. The first kappa shape index (κ1) is 15.0. The molecule has 0 N–H and O–H groups in total. The molecule has 0 bridgehead atoms. The van der Waals surface area contributed by atoms with Gasteiger partial charge in [-0.05, 0) is 18.3 Å². The Morgan fingerprint density at radius 3 is 2.28 bits per heavy atom. The van der Waals surface area contributed by atoms with Gasteiger partial charge in [0, 0.05) is 0 Å². The molecule has 1 rings (SSSR count). The second-order valence-electron chi connectivity index (χ2n) is 5.49. The van der Waals surface area contributed by atoms with Crippen molar-refractivity contribution < 1.29 is 19.1 Å². The summed E-state index contributed by atoms with van der Waals surface area (Å²) in [5, 5.41) is 0. The van der Waals surface area contributed by atoms with E-state index in [1.165, 1.54) is 20.0 Å². The van der Waals surface area contributed by atoms with Crippen molar-refractivity contribution in [3.63, 3.8) is 0 Å². The van der Waals surface area contributed by atoms with Crippen molar-refractivity contribution in [3.8, 4) is 0 Å². The normalized spacial score (nSPS) is 17.8. The van der Waals surface area contributed by atoms with Crippen LogP contribution in [0.25, 0.3) is 0 Å². The summed E-state index contributed by atoms with van der Waals surface area (Å²) in [5.74, 6) is -0.894. The monoisotopic (exact) mass is 256 g/mol. The molecule has 1 aliphatic rings. The highest BCUT2D eigenvalue weighted by Crippen LogP contribution is 2.31. The van der Waals surface area contributed by atoms with Crippen molar-refractivity contribution in [2.45, 2.75) is 46.0 Å². The molecule has 1 fully saturated rings. The molecule has 0 aromatic heterocycles. The summed E-state index contributed by atoms with van der Waals surface area (Å²) in [6.07, 6.45) is 5.17. The first-order valence-electron chi connectivity index (χ1n) is 6.79. The SMILES string of the molecule is COC(=O)C(CC1CCCC1)C(=O)OCC(C)C. The number of hydrogen-bond acceptors (Lipinski definition) is 4. The van der Waals surface area contributed by atoms with Crippen molar-refractivity contribution in [1.82, 2.24) is 0 Å². The largest absolute Gasteiger partial charge is 0.468 e. The molecular weight excluding hydrogens is 232 g/mol. The smallest absolute Gasteiger partial charge is 0.320 e. The highest BCUT2D eigenvalue weighted by Gasteiger charge is 2.33. The molecule has 0 radical (unpaired) electrons. The molecule has 0 aromatic rings. The van der Waals surface area contributed by atoms with Gasteiger partial charge >= 0.3 is 11.9 Å². The van der Waals surface area contributed by atoms with Gasteiger partial charge in [-0.2, -0.15) is 0 Å². The zero-order chi connectivity index (χ0) is 13.5. The topological polar surface area (TPSA) is 52.6 Å². The summed E-state index contributed by atoms with van der Waals surface area (Å²) in [4.78, 5) is 23.6. The molecule has 0 aliphatic heterocycles. The molecule has 0 amide bonds. The van der Waals surface area contributed by atoms with Crippen molar-refractivity contribution in [2.24, 2.45) is 17.8 Å². The van der Waals surface area contributed by atoms with E-state index in [2.05, 4.69) is 0 Å². The van der Waals surface area contributed by atoms with E-state index >= 15 is 0 Å². The second kappa shape index (κ2) is 7.39. The Morgan fingerprint density at radius 1 is 1.17 bits per heavy atom. The van der Waals surface area contributed by atoms with Crippen LogP contribution in [-0.4, -0.2) is 25.7 Å². The molecule has 104 valence electrons. The average molecular weight is 256 g/mol. The summed E-state index contributed by atoms with van der Waals surface area (Å²) in [6.45, 7) is 4.30. The lowest BCUT2D eigenvalue weighted by molar-refractivity contribution is -0.162. The van der Waals surface area contributed by atoms with Crippen molar-refractivity contribution in [2.75, 3.05) is 13.7 Å². The Kier molecular flexibility index (Phi) is 6.16. The van der Waals surface area contributed by atoms with E-state index in [9.17, 15) is 9.59 Å². The molecule has 0 saturated heterocycles. The van der Waals surface area contributed by atoms with Gasteiger partial charge in [0.2, 0.25) is 0 Å². The minimum Gasteiger partial charge on any atom is -0.468 e. The summed E-state index contributed by atoms with van der Waals surface area (Å²) in [5.41, 5.74) is 0. The van der Waals surface area contributed by atoms with Gasteiger partial charge in [0.25, 0.3) is 0 Å². The van der Waals surface area contributed by atoms with Crippen molar-refractivity contribution >= 4 is 11.9 Å². The van der Waals surface area contributed by atoms with Crippen LogP contribution in [0.3, 0.4) is 0 Å². The summed E-state index contributed by atoms with van der Waals surface area (Å²) in [6, 6.07) is 0. The molecule has 1 saturated carbocycles. The van der Waals surface area contributed by atoms with E-state index < -0.39 is 17.9 Å². The fourth-order valence-corrected chi connectivity index (χ4v) is 2.36. The lowest BCUT2D eigenvalue weighted by Crippen LogP contribution is -2.30. The van der Waals surface area contributed by atoms with Gasteiger partial charge in [-0.15, -0.1) is 0 Å². The zero-order valence-corrected chi connectivity index (χ0v) is 11.6. The third kappa shape index (κ3) is 4.67. The van der Waals surface area contributed by atoms with E-state index in [1.54, 1.807) is 0 Å². The van der Waals surface area contributed by atoms with Gasteiger partial charge in [-0.1, -0.05) is 39.5 Å². The summed E-state index contributed by atoms with van der Waals surface area (Å²) < 4.78 is 9.87. The van der Waals surface area contributed by atoms with E-state index in [4.69, 9.17) is 9.47 Å². The van der Waals surface area contributed by atoms with E-state index in [1.807, 2.05) is 13.8 Å². The minimum absolute atomic E-state index is 0.277. The van der Waals surface area contributed by atoms with Crippen LogP contribution in [0.1, 0.15) is 46.0 Å². The third-order valence-corrected chi connectivity index (χ3v) is 3.37. The number of carbonyl (C=O) groups excluding carboxylic acids is 2. The molecule has 1 atom stereocenters. The molecule has 0 spiro atoms. The predicted octanol–water partition coefficient (Wildman–Crippen LogP) is 2.56. The fraction of sp³-hybridized carbons (Fsp3) is 0.857. The first-order valence-corrected chi connectivity index (χ1v) is 6.79. The number of carbonyl (C=O) groups is 2. The van der Waals surface area contributed by atoms with Gasteiger partial charge in [0.05, 0.1) is 13.7 Å². The molecule has 4 nitrogen and oxygen atoms in total. The highest BCUT2D eigenvalue weighted by atomic mass is 16.5. The Morgan fingerprint density at radius 2 is 1.78 bits per heavy atom. The fourth-order valence-electron chi connectivity index (χ4n) is 2.36. The average Bonchev–Trinajstić information content (AvgIpc) is 2.85. The van der Waals surface area contributed by atoms with Crippen LogP contribution in [0.15, 0.2) is 0 Å². The molecule has 1 aliphatic carbocycles. The van der Waals surface area contributed by atoms with E-state index in [0.29, 0.717) is 18.9 Å². The zero-order valence-electron chi connectivity index (χ0n) is 11.6. The third-order valence-electron chi connectivity index (χ3n) is 3.37. The van der Waals surface area contributed by atoms with Crippen LogP contribution in [0.5, 0.6) is 0 Å². The Balaban J connectivity index is 2.53. The minimum atomic E-state index is -0.739. The van der Waals surface area contributed by atoms with Crippen LogP contribution in [0, 0.1) is 17.8 Å². The maximum absolute atomic E-state index is 11.9. The van der Waals surface area contributed by atoms with Gasteiger partial charge < -0.3 is 9.47 Å². The van der Waals surface area contributed by atoms with Gasteiger partial charge in [-0.25, -0.2) is 0 Å². The van der Waals surface area contributed by atoms with Crippen molar-refractivity contribution in [1.29, 1.82) is 0 Å². The number of ether oxygens (including phenoxy) is 2. The standard InChI is InChI=1S/C14H24O4/c1-10(2)9-18-14(16)12(13(15)17-3)8-11-6-4-5-7-11/h10-12H,4-9H2,1-3H3. The quantitative estimate of drug-likeness (QED) is 0.541. The molecule has 0 heterocycles. The van der Waals surface area contributed by atoms with Gasteiger partial charge in [0.15, 0.2) is 5.92 Å². The Bertz CT molecular complexity index is 280. The maximum atomic E-state index is 11.9. The van der Waals surface area contributed by atoms with Crippen LogP contribution in [-0.2, 0) is 19.1 Å². The van der Waals surface area contributed by atoms with Gasteiger partial charge in [-0.3, -0.25) is 9.59 Å². The van der Waals surface area contributed by atoms with Crippen LogP contribution >= 0.6 is 0 Å². The first-order chi connectivity index (χ1) is 8.54. The number of hydrogen-bond donors (Lipinski definition) is 0. The summed E-state index contributed by atoms with van der Waals surface area (Å²) in [7, 11) is 1.32. The lowest BCUT2D eigenvalue weighted by Gasteiger charge is -2.18. The van der Waals surface area contributed by atoms with Crippen LogP contribution in [0.2, 0.25) is 0 Å². The molecule has 1 unspecified atom stereocenters.